The van der Waals surface area contributed by atoms with Gasteiger partial charge in [0.05, 0.1) is 18.2 Å². The minimum atomic E-state index is -0.306. The van der Waals surface area contributed by atoms with E-state index in [0.717, 1.165) is 19.3 Å². The third-order valence-electron chi connectivity index (χ3n) is 1.69. The average molecular weight is 156 g/mol. The van der Waals surface area contributed by atoms with Gasteiger partial charge in [0.1, 0.15) is 0 Å². The van der Waals surface area contributed by atoms with Gasteiger partial charge in [-0.25, -0.2) is 0 Å². The number of methoxy groups -OCH3 is 1. The van der Waals surface area contributed by atoms with Gasteiger partial charge >= 0.3 is 0 Å². The zero-order chi connectivity index (χ0) is 8.69. The van der Waals surface area contributed by atoms with Crippen LogP contribution in [0.4, 0.5) is 0 Å². The highest BCUT2D eigenvalue weighted by molar-refractivity contribution is 4.85. The summed E-state index contributed by atoms with van der Waals surface area (Å²) >= 11 is 0. The first kappa shape index (κ1) is 10.4. The van der Waals surface area contributed by atoms with Gasteiger partial charge < -0.3 is 10.5 Å². The van der Waals surface area contributed by atoms with Gasteiger partial charge in [0, 0.05) is 7.11 Å². The summed E-state index contributed by atoms with van der Waals surface area (Å²) in [6.45, 7) is 2.01. The molecule has 0 aliphatic carbocycles. The lowest BCUT2D eigenvalue weighted by molar-refractivity contribution is 0.108. The number of nitrogens with two attached hydrogens (primary N) is 1. The van der Waals surface area contributed by atoms with Crippen molar-refractivity contribution in [1.29, 1.82) is 5.26 Å². The zero-order valence-corrected chi connectivity index (χ0v) is 7.21. The van der Waals surface area contributed by atoms with Crippen LogP contribution in [0.3, 0.4) is 0 Å². The molecular formula is C8H16N2O. The van der Waals surface area contributed by atoms with Crippen LogP contribution >= 0.6 is 0 Å². The van der Waals surface area contributed by atoms with Crippen molar-refractivity contribution in [3.63, 3.8) is 0 Å². The zero-order valence-electron chi connectivity index (χ0n) is 7.21. The molecule has 0 spiro atoms. The minimum absolute atomic E-state index is 0.279. The van der Waals surface area contributed by atoms with Gasteiger partial charge in [-0.15, -0.1) is 0 Å². The molecule has 0 aromatic carbocycles. The molecule has 0 aliphatic heterocycles. The normalized spacial score (nSPS) is 15.5. The maximum Gasteiger partial charge on any atom is 0.0928 e. The second-order valence-corrected chi connectivity index (χ2v) is 2.71. The van der Waals surface area contributed by atoms with Crippen LogP contribution in [0, 0.1) is 11.3 Å². The molecule has 0 aromatic heterocycles. The standard InChI is InChI=1S/C8H16N2O/c1-7(11-2)4-3-5-8(10)6-9/h7-8H,3-5,10H2,1-2H3. The van der Waals surface area contributed by atoms with Crippen molar-refractivity contribution in [1.82, 2.24) is 0 Å². The molecule has 0 aromatic rings. The third kappa shape index (κ3) is 5.84. The molecule has 2 N–H and O–H groups in total. The molecule has 0 saturated carbocycles. The predicted molar refractivity (Wildman–Crippen MR) is 43.9 cm³/mol. The second-order valence-electron chi connectivity index (χ2n) is 2.71. The van der Waals surface area contributed by atoms with Gasteiger partial charge in [-0.2, -0.15) is 5.26 Å². The number of hydrogen-bond acceptors (Lipinski definition) is 3. The molecule has 3 heteroatoms. The lowest BCUT2D eigenvalue weighted by Gasteiger charge is -2.08. The summed E-state index contributed by atoms with van der Waals surface area (Å²) in [4.78, 5) is 0. The van der Waals surface area contributed by atoms with Crippen molar-refractivity contribution in [3.8, 4) is 6.07 Å². The van der Waals surface area contributed by atoms with Crippen LogP contribution in [0.2, 0.25) is 0 Å². The molecule has 2 unspecified atom stereocenters. The quantitative estimate of drug-likeness (QED) is 0.647. The fraction of sp³-hybridized carbons (Fsp3) is 0.875. The Hall–Kier alpha value is -0.590. The topological polar surface area (TPSA) is 59.0 Å². The van der Waals surface area contributed by atoms with E-state index in [1.165, 1.54) is 0 Å². The Balaban J connectivity index is 3.21. The first-order valence-electron chi connectivity index (χ1n) is 3.88. The Morgan fingerprint density at radius 1 is 1.55 bits per heavy atom. The third-order valence-corrected chi connectivity index (χ3v) is 1.69. The van der Waals surface area contributed by atoms with Crippen LogP contribution in [0.1, 0.15) is 26.2 Å². The Labute approximate surface area is 68.1 Å². The molecule has 0 aliphatic rings. The van der Waals surface area contributed by atoms with Crippen LogP contribution in [-0.2, 0) is 4.74 Å². The minimum Gasteiger partial charge on any atom is -0.382 e. The van der Waals surface area contributed by atoms with E-state index in [1.807, 2.05) is 13.0 Å². The molecule has 11 heavy (non-hydrogen) atoms. The van der Waals surface area contributed by atoms with Crippen LogP contribution < -0.4 is 5.73 Å². The Morgan fingerprint density at radius 2 is 2.18 bits per heavy atom. The van der Waals surface area contributed by atoms with E-state index >= 15 is 0 Å². The largest absolute Gasteiger partial charge is 0.382 e. The molecule has 0 fully saturated rings. The number of rotatable bonds is 5. The monoisotopic (exact) mass is 156 g/mol. The number of nitriles is 1. The van der Waals surface area contributed by atoms with Crippen LogP contribution in [0.5, 0.6) is 0 Å². The summed E-state index contributed by atoms with van der Waals surface area (Å²) in [5.74, 6) is 0. The summed E-state index contributed by atoms with van der Waals surface area (Å²) < 4.78 is 5.04. The number of nitrogens with zero attached hydrogens (tertiary/aromatic N) is 1. The van der Waals surface area contributed by atoms with Crippen molar-refractivity contribution in [3.05, 3.63) is 0 Å². The highest BCUT2D eigenvalue weighted by Crippen LogP contribution is 2.04. The van der Waals surface area contributed by atoms with Crippen molar-refractivity contribution >= 4 is 0 Å². The van der Waals surface area contributed by atoms with E-state index in [0.29, 0.717) is 0 Å². The summed E-state index contributed by atoms with van der Waals surface area (Å²) in [7, 11) is 1.69. The van der Waals surface area contributed by atoms with Crippen molar-refractivity contribution in [2.75, 3.05) is 7.11 Å². The van der Waals surface area contributed by atoms with Crippen molar-refractivity contribution in [2.45, 2.75) is 38.3 Å². The summed E-state index contributed by atoms with van der Waals surface area (Å²) in [5, 5.41) is 8.35. The maximum absolute atomic E-state index is 8.35. The van der Waals surface area contributed by atoms with Crippen molar-refractivity contribution < 1.29 is 4.74 Å². The molecule has 0 saturated heterocycles. The first-order chi connectivity index (χ1) is 5.20. The fourth-order valence-corrected chi connectivity index (χ4v) is 0.808. The molecule has 0 bridgehead atoms. The summed E-state index contributed by atoms with van der Waals surface area (Å²) in [5.41, 5.74) is 5.40. The van der Waals surface area contributed by atoms with Gasteiger partial charge in [0.15, 0.2) is 0 Å². The van der Waals surface area contributed by atoms with Gasteiger partial charge in [0.25, 0.3) is 0 Å². The lowest BCUT2D eigenvalue weighted by Crippen LogP contribution is -2.17. The molecule has 0 rings (SSSR count). The van der Waals surface area contributed by atoms with E-state index in [-0.39, 0.29) is 12.1 Å². The van der Waals surface area contributed by atoms with E-state index in [4.69, 9.17) is 15.7 Å². The Bertz CT molecular complexity index is 131. The van der Waals surface area contributed by atoms with E-state index in [1.54, 1.807) is 7.11 Å². The molecule has 0 amide bonds. The second kappa shape index (κ2) is 6.14. The molecule has 64 valence electrons. The Kier molecular flexibility index (Phi) is 5.81. The predicted octanol–water partition coefficient (Wildman–Crippen LogP) is 1.04. The smallest absolute Gasteiger partial charge is 0.0928 e. The highest BCUT2D eigenvalue weighted by Gasteiger charge is 2.02. The van der Waals surface area contributed by atoms with Crippen LogP contribution in [0.25, 0.3) is 0 Å². The van der Waals surface area contributed by atoms with Gasteiger partial charge in [0.2, 0.25) is 0 Å². The van der Waals surface area contributed by atoms with Crippen molar-refractivity contribution in [2.24, 2.45) is 5.73 Å². The Morgan fingerprint density at radius 3 is 2.64 bits per heavy atom. The molecule has 0 radical (unpaired) electrons. The molecule has 3 nitrogen and oxygen atoms in total. The van der Waals surface area contributed by atoms with E-state index in [9.17, 15) is 0 Å². The summed E-state index contributed by atoms with van der Waals surface area (Å²) in [6.07, 6.45) is 2.99. The van der Waals surface area contributed by atoms with Crippen LogP contribution in [-0.4, -0.2) is 19.3 Å². The molecule has 2 atom stereocenters. The first-order valence-corrected chi connectivity index (χ1v) is 3.88. The maximum atomic E-state index is 8.35. The number of hydrogen-bond donors (Lipinski definition) is 1. The average Bonchev–Trinajstić information content (AvgIpc) is 2.04. The summed E-state index contributed by atoms with van der Waals surface area (Å²) in [6, 6.07) is 1.69. The molecule has 0 heterocycles. The van der Waals surface area contributed by atoms with Gasteiger partial charge in [-0.1, -0.05) is 0 Å². The lowest BCUT2D eigenvalue weighted by atomic mass is 10.1. The van der Waals surface area contributed by atoms with Gasteiger partial charge in [-0.05, 0) is 26.2 Å². The molecular weight excluding hydrogens is 140 g/mol. The SMILES string of the molecule is COC(C)CCCC(N)C#N. The fourth-order valence-electron chi connectivity index (χ4n) is 0.808. The number of ether oxygens (including phenoxy) is 1. The van der Waals surface area contributed by atoms with Gasteiger partial charge in [-0.3, -0.25) is 0 Å². The highest BCUT2D eigenvalue weighted by atomic mass is 16.5. The van der Waals surface area contributed by atoms with Crippen LogP contribution in [0.15, 0.2) is 0 Å². The van der Waals surface area contributed by atoms with E-state index in [2.05, 4.69) is 0 Å². The van der Waals surface area contributed by atoms with E-state index < -0.39 is 0 Å².